The summed E-state index contributed by atoms with van der Waals surface area (Å²) in [6, 6.07) is 3.06. The number of nitro groups is 1. The van der Waals surface area contributed by atoms with Gasteiger partial charge in [-0.25, -0.2) is 0 Å². The molecule has 0 amide bonds. The van der Waals surface area contributed by atoms with Gasteiger partial charge in [-0.15, -0.1) is 0 Å². The second-order valence-electron chi connectivity index (χ2n) is 4.95. The summed E-state index contributed by atoms with van der Waals surface area (Å²) >= 11 is 3.26. The van der Waals surface area contributed by atoms with Crippen molar-refractivity contribution < 1.29 is 14.8 Å². The molecule has 1 aromatic rings. The third-order valence-electron chi connectivity index (χ3n) is 3.45. The molecule has 0 saturated carbocycles. The Balaban J connectivity index is 2.97. The van der Waals surface area contributed by atoms with Crippen molar-refractivity contribution in [3.05, 3.63) is 32.3 Å². The third-order valence-corrected chi connectivity index (χ3v) is 4.10. The highest BCUT2D eigenvalue weighted by atomic mass is 79.9. The monoisotopic (exact) mass is 344 g/mol. The second kappa shape index (κ2) is 6.21. The lowest BCUT2D eigenvalue weighted by atomic mass is 9.87. The second-order valence-corrected chi connectivity index (χ2v) is 5.80. The van der Waals surface area contributed by atoms with Gasteiger partial charge in [0.15, 0.2) is 0 Å². The van der Waals surface area contributed by atoms with Gasteiger partial charge in [0.25, 0.3) is 5.69 Å². The van der Waals surface area contributed by atoms with Crippen molar-refractivity contribution in [1.29, 1.82) is 0 Å². The third kappa shape index (κ3) is 3.47. The number of hydrogen-bond donors (Lipinski definition) is 2. The summed E-state index contributed by atoms with van der Waals surface area (Å²) in [6.45, 7) is 5.36. The summed E-state index contributed by atoms with van der Waals surface area (Å²) in [5.74, 6) is -0.873. The lowest BCUT2D eigenvalue weighted by molar-refractivity contribution is -0.385. The van der Waals surface area contributed by atoms with Crippen molar-refractivity contribution >= 4 is 33.3 Å². The van der Waals surface area contributed by atoms with Gasteiger partial charge in [0.05, 0.1) is 10.3 Å². The number of carbonyl (C=O) groups is 1. The number of rotatable bonds is 6. The van der Waals surface area contributed by atoms with Crippen LogP contribution in [0.25, 0.3) is 0 Å². The zero-order valence-corrected chi connectivity index (χ0v) is 13.2. The Morgan fingerprint density at radius 3 is 2.60 bits per heavy atom. The van der Waals surface area contributed by atoms with Crippen molar-refractivity contribution in [3.8, 4) is 0 Å². The molecule has 0 spiro atoms. The average molecular weight is 345 g/mol. The molecular formula is C13H17BrN2O4. The standard InChI is InChI=1S/C13H17BrN2O4/c1-4-13(3,12(17)18)7-15-10-5-8(2)11(16(19)20)6-9(10)14/h5-6,15H,4,7H2,1-3H3,(H,17,18). The van der Waals surface area contributed by atoms with Gasteiger partial charge in [-0.05, 0) is 42.3 Å². The first-order valence-electron chi connectivity index (χ1n) is 6.13. The molecule has 0 aromatic heterocycles. The van der Waals surface area contributed by atoms with Gasteiger partial charge in [-0.3, -0.25) is 14.9 Å². The van der Waals surface area contributed by atoms with E-state index in [2.05, 4.69) is 21.2 Å². The highest BCUT2D eigenvalue weighted by Crippen LogP contribution is 2.32. The summed E-state index contributed by atoms with van der Waals surface area (Å²) in [6.07, 6.45) is 0.485. The molecule has 0 bridgehead atoms. The first-order chi connectivity index (χ1) is 9.21. The first kappa shape index (κ1) is 16.4. The van der Waals surface area contributed by atoms with E-state index >= 15 is 0 Å². The van der Waals surface area contributed by atoms with Gasteiger partial charge in [-0.1, -0.05) is 6.92 Å². The van der Waals surface area contributed by atoms with E-state index in [9.17, 15) is 20.0 Å². The van der Waals surface area contributed by atoms with E-state index in [0.717, 1.165) is 0 Å². The molecule has 2 N–H and O–H groups in total. The minimum Gasteiger partial charge on any atom is -0.481 e. The molecule has 6 nitrogen and oxygen atoms in total. The maximum Gasteiger partial charge on any atom is 0.311 e. The number of nitrogens with zero attached hydrogens (tertiary/aromatic N) is 1. The molecule has 1 rings (SSSR count). The van der Waals surface area contributed by atoms with Crippen LogP contribution in [-0.2, 0) is 4.79 Å². The van der Waals surface area contributed by atoms with Crippen molar-refractivity contribution in [2.45, 2.75) is 27.2 Å². The quantitative estimate of drug-likeness (QED) is 0.607. The molecule has 1 aromatic carbocycles. The molecule has 0 aliphatic carbocycles. The number of hydrogen-bond acceptors (Lipinski definition) is 4. The highest BCUT2D eigenvalue weighted by Gasteiger charge is 2.31. The Morgan fingerprint density at radius 2 is 2.15 bits per heavy atom. The number of nitro benzene ring substituents is 1. The Kier molecular flexibility index (Phi) is 5.10. The maximum absolute atomic E-state index is 11.2. The fraction of sp³-hybridized carbons (Fsp3) is 0.462. The number of anilines is 1. The average Bonchev–Trinajstić information content (AvgIpc) is 2.38. The number of nitrogens with one attached hydrogen (secondary N) is 1. The Bertz CT molecular complexity index is 547. The molecule has 0 radical (unpaired) electrons. The van der Waals surface area contributed by atoms with E-state index < -0.39 is 16.3 Å². The molecule has 0 heterocycles. The molecule has 0 fully saturated rings. The molecule has 110 valence electrons. The van der Waals surface area contributed by atoms with Gasteiger partial charge in [0.1, 0.15) is 0 Å². The normalized spacial score (nSPS) is 13.6. The molecule has 1 atom stereocenters. The van der Waals surface area contributed by atoms with Crippen LogP contribution in [0, 0.1) is 22.5 Å². The first-order valence-corrected chi connectivity index (χ1v) is 6.92. The Morgan fingerprint density at radius 1 is 1.55 bits per heavy atom. The van der Waals surface area contributed by atoms with Crippen LogP contribution >= 0.6 is 15.9 Å². The minimum atomic E-state index is -0.880. The summed E-state index contributed by atoms with van der Waals surface area (Å²) < 4.78 is 0.540. The molecule has 1 unspecified atom stereocenters. The van der Waals surface area contributed by atoms with Gasteiger partial charge in [0, 0.05) is 28.3 Å². The van der Waals surface area contributed by atoms with Crippen LogP contribution in [0.3, 0.4) is 0 Å². The number of carboxylic acids is 1. The molecule has 0 aliphatic heterocycles. The van der Waals surface area contributed by atoms with E-state index in [1.807, 2.05) is 6.92 Å². The minimum absolute atomic E-state index is 0.0268. The van der Waals surface area contributed by atoms with Gasteiger partial charge in [0.2, 0.25) is 0 Å². The van der Waals surface area contributed by atoms with Crippen LogP contribution in [0.1, 0.15) is 25.8 Å². The zero-order chi connectivity index (χ0) is 15.5. The van der Waals surface area contributed by atoms with Crippen LogP contribution in [0.15, 0.2) is 16.6 Å². The molecule has 20 heavy (non-hydrogen) atoms. The lowest BCUT2D eigenvalue weighted by Gasteiger charge is -2.24. The van der Waals surface area contributed by atoms with Crippen molar-refractivity contribution in [2.75, 3.05) is 11.9 Å². The van der Waals surface area contributed by atoms with E-state index in [0.29, 0.717) is 22.1 Å². The molecule has 7 heteroatoms. The van der Waals surface area contributed by atoms with Crippen molar-refractivity contribution in [2.24, 2.45) is 5.41 Å². The zero-order valence-electron chi connectivity index (χ0n) is 11.6. The number of carboxylic acid groups (broad SMARTS) is 1. The maximum atomic E-state index is 11.2. The predicted octanol–water partition coefficient (Wildman–Crippen LogP) is 3.58. The molecular weight excluding hydrogens is 328 g/mol. The summed E-state index contributed by atoms with van der Waals surface area (Å²) in [5, 5.41) is 23.1. The number of halogens is 1. The fourth-order valence-corrected chi connectivity index (χ4v) is 2.12. The van der Waals surface area contributed by atoms with E-state index in [1.54, 1.807) is 19.9 Å². The summed E-state index contributed by atoms with van der Waals surface area (Å²) in [5.41, 5.74) is 0.317. The van der Waals surface area contributed by atoms with Gasteiger partial charge < -0.3 is 10.4 Å². The van der Waals surface area contributed by atoms with Crippen LogP contribution in [0.4, 0.5) is 11.4 Å². The van der Waals surface area contributed by atoms with Crippen LogP contribution < -0.4 is 5.32 Å². The van der Waals surface area contributed by atoms with Gasteiger partial charge >= 0.3 is 5.97 Å². The molecule has 0 saturated heterocycles. The van der Waals surface area contributed by atoms with Crippen molar-refractivity contribution in [1.82, 2.24) is 0 Å². The number of benzene rings is 1. The predicted molar refractivity (Wildman–Crippen MR) is 80.1 cm³/mol. The van der Waals surface area contributed by atoms with Crippen LogP contribution in [-0.4, -0.2) is 22.5 Å². The highest BCUT2D eigenvalue weighted by molar-refractivity contribution is 9.10. The number of aryl methyl sites for hydroxylation is 1. The van der Waals surface area contributed by atoms with E-state index in [-0.39, 0.29) is 12.2 Å². The summed E-state index contributed by atoms with van der Waals surface area (Å²) in [4.78, 5) is 21.6. The number of aliphatic carboxylic acids is 1. The topological polar surface area (TPSA) is 92.5 Å². The van der Waals surface area contributed by atoms with Crippen LogP contribution in [0.5, 0.6) is 0 Å². The summed E-state index contributed by atoms with van der Waals surface area (Å²) in [7, 11) is 0. The van der Waals surface area contributed by atoms with E-state index in [1.165, 1.54) is 6.07 Å². The van der Waals surface area contributed by atoms with Crippen molar-refractivity contribution in [3.63, 3.8) is 0 Å². The Hall–Kier alpha value is -1.63. The smallest absolute Gasteiger partial charge is 0.311 e. The molecule has 0 aliphatic rings. The SMILES string of the molecule is CCC(C)(CNc1cc(C)c([N+](=O)[O-])cc1Br)C(=O)O. The van der Waals surface area contributed by atoms with Crippen LogP contribution in [0.2, 0.25) is 0 Å². The van der Waals surface area contributed by atoms with Gasteiger partial charge in [-0.2, -0.15) is 0 Å². The Labute approximate surface area is 125 Å². The largest absolute Gasteiger partial charge is 0.481 e. The van der Waals surface area contributed by atoms with E-state index in [4.69, 9.17) is 0 Å². The fourth-order valence-electron chi connectivity index (χ4n) is 1.65. The lowest BCUT2D eigenvalue weighted by Crippen LogP contribution is -2.34.